The molecule has 1 amide bonds. The average molecular weight is 456 g/mol. The van der Waals surface area contributed by atoms with Crippen LogP contribution in [0.5, 0.6) is 0 Å². The summed E-state index contributed by atoms with van der Waals surface area (Å²) in [5, 5.41) is 4.39. The van der Waals surface area contributed by atoms with Crippen molar-refractivity contribution in [2.24, 2.45) is 5.92 Å². The van der Waals surface area contributed by atoms with E-state index in [0.29, 0.717) is 10.0 Å². The number of amides is 1. The van der Waals surface area contributed by atoms with Gasteiger partial charge in [-0.2, -0.15) is 0 Å². The van der Waals surface area contributed by atoms with Crippen molar-refractivity contribution in [2.45, 2.75) is 26.3 Å². The van der Waals surface area contributed by atoms with Crippen molar-refractivity contribution < 1.29 is 4.79 Å². The number of benzene rings is 2. The minimum atomic E-state index is 0.0518. The number of carbonyl (C=O) groups is 1. The molecule has 1 heterocycles. The van der Waals surface area contributed by atoms with Crippen LogP contribution in [0.3, 0.4) is 0 Å². The zero-order valence-electron chi connectivity index (χ0n) is 14.6. The number of halogens is 3. The van der Waals surface area contributed by atoms with Gasteiger partial charge in [0.15, 0.2) is 0 Å². The molecule has 1 fully saturated rings. The fraction of sp³-hybridized carbons (Fsp3) is 0.350. The summed E-state index contributed by atoms with van der Waals surface area (Å²) in [6.07, 6.45) is 1.71. The summed E-state index contributed by atoms with van der Waals surface area (Å²) in [7, 11) is 0. The van der Waals surface area contributed by atoms with Gasteiger partial charge in [-0.3, -0.25) is 9.69 Å². The van der Waals surface area contributed by atoms with Gasteiger partial charge in [-0.1, -0.05) is 45.2 Å². The summed E-state index contributed by atoms with van der Waals surface area (Å²) >= 11 is 15.7. The van der Waals surface area contributed by atoms with Crippen LogP contribution in [0.4, 0.5) is 5.69 Å². The molecule has 6 heteroatoms. The third-order valence-electron chi connectivity index (χ3n) is 4.79. The van der Waals surface area contributed by atoms with Crippen molar-refractivity contribution in [3.8, 4) is 0 Å². The van der Waals surface area contributed by atoms with Crippen molar-refractivity contribution in [2.75, 3.05) is 18.4 Å². The molecule has 3 rings (SSSR count). The van der Waals surface area contributed by atoms with E-state index in [1.807, 2.05) is 37.3 Å². The molecule has 3 nitrogen and oxygen atoms in total. The number of nitrogens with one attached hydrogen (secondary N) is 1. The van der Waals surface area contributed by atoms with Crippen LogP contribution in [-0.4, -0.2) is 23.9 Å². The Morgan fingerprint density at radius 3 is 2.58 bits per heavy atom. The van der Waals surface area contributed by atoms with Crippen LogP contribution in [0.25, 0.3) is 0 Å². The molecular weight excluding hydrogens is 435 g/mol. The van der Waals surface area contributed by atoms with Gasteiger partial charge in [0.05, 0.1) is 0 Å². The summed E-state index contributed by atoms with van der Waals surface area (Å²) in [6.45, 7) is 4.57. The monoisotopic (exact) mass is 454 g/mol. The van der Waals surface area contributed by atoms with Crippen LogP contribution in [0.15, 0.2) is 40.9 Å². The molecule has 0 aromatic heterocycles. The maximum Gasteiger partial charge on any atom is 0.227 e. The van der Waals surface area contributed by atoms with Crippen molar-refractivity contribution >= 4 is 50.7 Å². The van der Waals surface area contributed by atoms with E-state index in [0.717, 1.165) is 53.8 Å². The molecular formula is C20H21BrCl2N2O. The number of aryl methyl sites for hydroxylation is 1. The summed E-state index contributed by atoms with van der Waals surface area (Å²) < 4.78 is 1.05. The predicted octanol–water partition coefficient (Wildman–Crippen LogP) is 5.92. The van der Waals surface area contributed by atoms with E-state index in [2.05, 4.69) is 26.1 Å². The highest BCUT2D eigenvalue weighted by Gasteiger charge is 2.25. The molecule has 0 saturated carbocycles. The van der Waals surface area contributed by atoms with Crippen LogP contribution in [-0.2, 0) is 11.3 Å². The Labute approximate surface area is 172 Å². The minimum Gasteiger partial charge on any atom is -0.326 e. The van der Waals surface area contributed by atoms with Crippen LogP contribution < -0.4 is 5.32 Å². The predicted molar refractivity (Wildman–Crippen MR) is 112 cm³/mol. The van der Waals surface area contributed by atoms with E-state index in [9.17, 15) is 4.79 Å². The Balaban J connectivity index is 1.52. The number of carbonyl (C=O) groups excluding carboxylic acids is 1. The standard InChI is InChI=1S/C20H21BrCl2N2O/c1-13-10-17(4-5-18(13)21)24-20(26)14-6-8-25(9-7-14)12-15-2-3-16(22)11-19(15)23/h2-5,10-11,14H,6-9,12H2,1H3,(H,24,26). The molecule has 1 N–H and O–H groups in total. The Morgan fingerprint density at radius 2 is 1.92 bits per heavy atom. The number of hydrogen-bond acceptors (Lipinski definition) is 2. The zero-order valence-corrected chi connectivity index (χ0v) is 17.7. The normalized spacial score (nSPS) is 15.8. The van der Waals surface area contributed by atoms with Gasteiger partial charge in [0, 0.05) is 32.7 Å². The molecule has 2 aromatic carbocycles. The van der Waals surface area contributed by atoms with E-state index in [4.69, 9.17) is 23.2 Å². The second-order valence-corrected chi connectivity index (χ2v) is 8.44. The van der Waals surface area contributed by atoms with E-state index in [1.54, 1.807) is 6.07 Å². The molecule has 2 aromatic rings. The molecule has 0 bridgehead atoms. The van der Waals surface area contributed by atoms with Crippen LogP contribution >= 0.6 is 39.1 Å². The molecule has 0 unspecified atom stereocenters. The average Bonchev–Trinajstić information content (AvgIpc) is 2.61. The summed E-state index contributed by atoms with van der Waals surface area (Å²) in [5.41, 5.74) is 3.04. The summed E-state index contributed by atoms with van der Waals surface area (Å²) in [6, 6.07) is 11.5. The first kappa shape index (κ1) is 19.7. The minimum absolute atomic E-state index is 0.0518. The van der Waals surface area contributed by atoms with Gasteiger partial charge in [-0.25, -0.2) is 0 Å². The SMILES string of the molecule is Cc1cc(NC(=O)C2CCN(Cc3ccc(Cl)cc3Cl)CC2)ccc1Br. The molecule has 1 aliphatic heterocycles. The lowest BCUT2D eigenvalue weighted by Crippen LogP contribution is -2.37. The van der Waals surface area contributed by atoms with Crippen LogP contribution in [0.2, 0.25) is 10.0 Å². The molecule has 1 saturated heterocycles. The Kier molecular flexibility index (Phi) is 6.62. The second kappa shape index (κ2) is 8.75. The van der Waals surface area contributed by atoms with Gasteiger partial charge in [0.1, 0.15) is 0 Å². The fourth-order valence-corrected chi connectivity index (χ4v) is 3.93. The summed E-state index contributed by atoms with van der Waals surface area (Å²) in [5.74, 6) is 0.159. The highest BCUT2D eigenvalue weighted by molar-refractivity contribution is 9.10. The Morgan fingerprint density at radius 1 is 1.19 bits per heavy atom. The quantitative estimate of drug-likeness (QED) is 0.620. The van der Waals surface area contributed by atoms with Gasteiger partial charge in [0.2, 0.25) is 5.91 Å². The second-order valence-electron chi connectivity index (χ2n) is 6.74. The number of likely N-dealkylation sites (tertiary alicyclic amines) is 1. The molecule has 0 aliphatic carbocycles. The van der Waals surface area contributed by atoms with E-state index in [1.165, 1.54) is 0 Å². The molecule has 0 spiro atoms. The van der Waals surface area contributed by atoms with Crippen LogP contribution in [0.1, 0.15) is 24.0 Å². The Hall–Kier alpha value is -1.07. The Bertz CT molecular complexity index is 804. The highest BCUT2D eigenvalue weighted by Crippen LogP contribution is 2.26. The van der Waals surface area contributed by atoms with Crippen molar-refractivity contribution in [3.05, 3.63) is 62.0 Å². The number of hydrogen-bond donors (Lipinski definition) is 1. The van der Waals surface area contributed by atoms with Gasteiger partial charge in [-0.15, -0.1) is 0 Å². The lowest BCUT2D eigenvalue weighted by molar-refractivity contribution is -0.121. The van der Waals surface area contributed by atoms with E-state index in [-0.39, 0.29) is 11.8 Å². The number of nitrogens with zero attached hydrogens (tertiary/aromatic N) is 1. The largest absolute Gasteiger partial charge is 0.326 e. The third-order valence-corrected chi connectivity index (χ3v) is 6.27. The fourth-order valence-electron chi connectivity index (χ4n) is 3.21. The van der Waals surface area contributed by atoms with E-state index >= 15 is 0 Å². The third kappa shape index (κ3) is 5.01. The van der Waals surface area contributed by atoms with Gasteiger partial charge >= 0.3 is 0 Å². The van der Waals surface area contributed by atoms with Crippen LogP contribution in [0, 0.1) is 12.8 Å². The van der Waals surface area contributed by atoms with Gasteiger partial charge in [-0.05, 0) is 74.3 Å². The first-order chi connectivity index (χ1) is 12.4. The maximum absolute atomic E-state index is 12.5. The first-order valence-corrected chi connectivity index (χ1v) is 10.2. The van der Waals surface area contributed by atoms with Crippen molar-refractivity contribution in [1.82, 2.24) is 4.90 Å². The number of rotatable bonds is 4. The zero-order chi connectivity index (χ0) is 18.7. The highest BCUT2D eigenvalue weighted by atomic mass is 79.9. The smallest absolute Gasteiger partial charge is 0.227 e. The molecule has 0 atom stereocenters. The van der Waals surface area contributed by atoms with Crippen molar-refractivity contribution in [1.29, 1.82) is 0 Å². The molecule has 1 aliphatic rings. The number of anilines is 1. The molecule has 0 radical (unpaired) electrons. The number of piperidine rings is 1. The topological polar surface area (TPSA) is 32.3 Å². The maximum atomic E-state index is 12.5. The summed E-state index contributed by atoms with van der Waals surface area (Å²) in [4.78, 5) is 14.9. The van der Waals surface area contributed by atoms with Gasteiger partial charge < -0.3 is 5.32 Å². The lowest BCUT2D eigenvalue weighted by Gasteiger charge is -2.31. The first-order valence-electron chi connectivity index (χ1n) is 8.65. The van der Waals surface area contributed by atoms with Gasteiger partial charge in [0.25, 0.3) is 0 Å². The molecule has 138 valence electrons. The van der Waals surface area contributed by atoms with Crippen molar-refractivity contribution in [3.63, 3.8) is 0 Å². The molecule has 26 heavy (non-hydrogen) atoms. The van der Waals surface area contributed by atoms with E-state index < -0.39 is 0 Å². The lowest BCUT2D eigenvalue weighted by atomic mass is 9.95.